The lowest BCUT2D eigenvalue weighted by Gasteiger charge is -2.18. The van der Waals surface area contributed by atoms with E-state index in [2.05, 4.69) is 4.98 Å². The fourth-order valence-corrected chi connectivity index (χ4v) is 2.29. The van der Waals surface area contributed by atoms with Crippen molar-refractivity contribution in [1.29, 1.82) is 0 Å². The van der Waals surface area contributed by atoms with Gasteiger partial charge in [0.05, 0.1) is 17.2 Å². The van der Waals surface area contributed by atoms with Gasteiger partial charge in [0, 0.05) is 31.4 Å². The van der Waals surface area contributed by atoms with Gasteiger partial charge in [-0.25, -0.2) is 4.79 Å². The molecule has 0 radical (unpaired) electrons. The third kappa shape index (κ3) is 2.73. The summed E-state index contributed by atoms with van der Waals surface area (Å²) >= 11 is 0. The molecular weight excluding hydrogens is 248 g/mol. The number of hydrogen-bond donors (Lipinski definition) is 2. The van der Waals surface area contributed by atoms with Crippen molar-refractivity contribution in [2.75, 3.05) is 13.1 Å². The van der Waals surface area contributed by atoms with Crippen LogP contribution < -0.4 is 0 Å². The number of carboxylic acids is 1. The molecule has 0 aromatic carbocycles. The first kappa shape index (κ1) is 13.5. The van der Waals surface area contributed by atoms with Gasteiger partial charge in [-0.2, -0.15) is 0 Å². The van der Waals surface area contributed by atoms with Crippen LogP contribution in [-0.4, -0.2) is 51.2 Å². The van der Waals surface area contributed by atoms with Crippen LogP contribution in [0.15, 0.2) is 18.5 Å². The first-order chi connectivity index (χ1) is 9.00. The lowest BCUT2D eigenvalue weighted by Crippen LogP contribution is -2.31. The highest BCUT2D eigenvalue weighted by Gasteiger charge is 2.31. The fraction of sp³-hybridized carbons (Fsp3) is 0.462. The summed E-state index contributed by atoms with van der Waals surface area (Å²) in [4.78, 5) is 28.7. The standard InChI is InChI=1S/C13H16N2O4/c1-8(16)9-3-5-15(7-9)12(17)10-2-4-14-6-11(10)13(18)19/h2,4,6,8-9,16H,3,5,7H2,1H3,(H,18,19). The second-order valence-corrected chi connectivity index (χ2v) is 4.77. The zero-order chi connectivity index (χ0) is 14.0. The number of aromatic nitrogens is 1. The predicted octanol–water partition coefficient (Wildman–Crippen LogP) is 0.623. The van der Waals surface area contributed by atoms with Crippen molar-refractivity contribution in [2.24, 2.45) is 5.92 Å². The average molecular weight is 264 g/mol. The van der Waals surface area contributed by atoms with Crippen LogP contribution >= 0.6 is 0 Å². The Morgan fingerprint density at radius 3 is 2.79 bits per heavy atom. The molecule has 1 fully saturated rings. The SMILES string of the molecule is CC(O)C1CCN(C(=O)c2ccncc2C(=O)O)C1. The summed E-state index contributed by atoms with van der Waals surface area (Å²) < 4.78 is 0. The molecule has 6 nitrogen and oxygen atoms in total. The number of aromatic carboxylic acids is 1. The molecule has 0 bridgehead atoms. The van der Waals surface area contributed by atoms with Crippen LogP contribution in [0.3, 0.4) is 0 Å². The Kier molecular flexibility index (Phi) is 3.80. The quantitative estimate of drug-likeness (QED) is 0.835. The molecule has 1 aromatic rings. The molecule has 0 aliphatic carbocycles. The van der Waals surface area contributed by atoms with Gasteiger partial charge in [-0.05, 0) is 19.4 Å². The predicted molar refractivity (Wildman–Crippen MR) is 66.9 cm³/mol. The van der Waals surface area contributed by atoms with Gasteiger partial charge in [0.25, 0.3) is 5.91 Å². The van der Waals surface area contributed by atoms with Gasteiger partial charge in [-0.3, -0.25) is 9.78 Å². The number of carbonyl (C=O) groups is 2. The summed E-state index contributed by atoms with van der Waals surface area (Å²) in [7, 11) is 0. The minimum absolute atomic E-state index is 0.0547. The molecule has 102 valence electrons. The molecule has 2 unspecified atom stereocenters. The van der Waals surface area contributed by atoms with E-state index in [1.54, 1.807) is 11.8 Å². The van der Waals surface area contributed by atoms with Crippen molar-refractivity contribution < 1.29 is 19.8 Å². The van der Waals surface area contributed by atoms with Crippen LogP contribution in [0, 0.1) is 5.92 Å². The zero-order valence-electron chi connectivity index (χ0n) is 10.6. The molecule has 6 heteroatoms. The number of pyridine rings is 1. The number of carboxylic acid groups (broad SMARTS) is 1. The third-order valence-electron chi connectivity index (χ3n) is 3.48. The number of aliphatic hydroxyl groups is 1. The molecule has 2 N–H and O–H groups in total. The molecule has 1 amide bonds. The normalized spacial score (nSPS) is 20.3. The van der Waals surface area contributed by atoms with Crippen molar-refractivity contribution in [2.45, 2.75) is 19.4 Å². The Labute approximate surface area is 110 Å². The number of rotatable bonds is 3. The van der Waals surface area contributed by atoms with Gasteiger partial charge in [-0.15, -0.1) is 0 Å². The number of amides is 1. The minimum atomic E-state index is -1.16. The molecule has 1 aliphatic rings. The highest BCUT2D eigenvalue weighted by Crippen LogP contribution is 2.22. The second kappa shape index (κ2) is 5.36. The van der Waals surface area contributed by atoms with E-state index in [1.165, 1.54) is 18.5 Å². The van der Waals surface area contributed by atoms with E-state index in [1.807, 2.05) is 0 Å². The van der Waals surface area contributed by atoms with Crippen LogP contribution in [-0.2, 0) is 0 Å². The lowest BCUT2D eigenvalue weighted by atomic mass is 10.0. The number of nitrogens with zero attached hydrogens (tertiary/aromatic N) is 2. The van der Waals surface area contributed by atoms with Crippen LogP contribution in [0.25, 0.3) is 0 Å². The minimum Gasteiger partial charge on any atom is -0.478 e. The topological polar surface area (TPSA) is 90.7 Å². The van der Waals surface area contributed by atoms with Crippen LogP contribution in [0.1, 0.15) is 34.1 Å². The molecule has 0 saturated carbocycles. The summed E-state index contributed by atoms with van der Waals surface area (Å²) in [6, 6.07) is 1.42. The van der Waals surface area contributed by atoms with Crippen LogP contribution in [0.5, 0.6) is 0 Å². The molecule has 1 saturated heterocycles. The van der Waals surface area contributed by atoms with Crippen LogP contribution in [0.2, 0.25) is 0 Å². The van der Waals surface area contributed by atoms with Gasteiger partial charge in [0.2, 0.25) is 0 Å². The second-order valence-electron chi connectivity index (χ2n) is 4.77. The molecule has 0 spiro atoms. The molecule has 1 aromatic heterocycles. The van der Waals surface area contributed by atoms with Crippen molar-refractivity contribution in [1.82, 2.24) is 9.88 Å². The van der Waals surface area contributed by atoms with E-state index >= 15 is 0 Å². The van der Waals surface area contributed by atoms with Gasteiger partial charge < -0.3 is 15.1 Å². The van der Waals surface area contributed by atoms with Crippen LogP contribution in [0.4, 0.5) is 0 Å². The van der Waals surface area contributed by atoms with Crippen molar-refractivity contribution in [3.63, 3.8) is 0 Å². The van der Waals surface area contributed by atoms with E-state index in [9.17, 15) is 14.7 Å². The summed E-state index contributed by atoms with van der Waals surface area (Å²) in [5, 5.41) is 18.6. The Morgan fingerprint density at radius 1 is 1.47 bits per heavy atom. The molecule has 1 aliphatic heterocycles. The van der Waals surface area contributed by atoms with E-state index in [0.717, 1.165) is 6.42 Å². The van der Waals surface area contributed by atoms with Crippen molar-refractivity contribution >= 4 is 11.9 Å². The number of hydrogen-bond acceptors (Lipinski definition) is 4. The Hall–Kier alpha value is -1.95. The zero-order valence-corrected chi connectivity index (χ0v) is 10.6. The maximum absolute atomic E-state index is 12.3. The molecular formula is C13H16N2O4. The molecule has 2 rings (SSSR count). The fourth-order valence-electron chi connectivity index (χ4n) is 2.29. The number of carbonyl (C=O) groups excluding carboxylic acids is 1. The maximum Gasteiger partial charge on any atom is 0.338 e. The summed E-state index contributed by atoms with van der Waals surface area (Å²) in [5.41, 5.74) is 0.0572. The average Bonchev–Trinajstić information content (AvgIpc) is 2.87. The van der Waals surface area contributed by atoms with Gasteiger partial charge in [0.1, 0.15) is 0 Å². The number of likely N-dealkylation sites (tertiary alicyclic amines) is 1. The van der Waals surface area contributed by atoms with Crippen molar-refractivity contribution in [3.8, 4) is 0 Å². The molecule has 2 heterocycles. The largest absolute Gasteiger partial charge is 0.478 e. The summed E-state index contributed by atoms with van der Waals surface area (Å²) in [6.07, 6.45) is 2.85. The Bertz CT molecular complexity index is 501. The summed E-state index contributed by atoms with van der Waals surface area (Å²) in [5.74, 6) is -1.43. The highest BCUT2D eigenvalue weighted by molar-refractivity contribution is 6.04. The van der Waals surface area contributed by atoms with E-state index in [0.29, 0.717) is 13.1 Å². The first-order valence-corrected chi connectivity index (χ1v) is 6.15. The smallest absolute Gasteiger partial charge is 0.338 e. The van der Waals surface area contributed by atoms with E-state index < -0.39 is 12.1 Å². The highest BCUT2D eigenvalue weighted by atomic mass is 16.4. The lowest BCUT2D eigenvalue weighted by molar-refractivity contribution is 0.0675. The third-order valence-corrected chi connectivity index (χ3v) is 3.48. The monoisotopic (exact) mass is 264 g/mol. The molecule has 19 heavy (non-hydrogen) atoms. The summed E-state index contributed by atoms with van der Waals surface area (Å²) in [6.45, 7) is 2.70. The van der Waals surface area contributed by atoms with Gasteiger partial charge in [-0.1, -0.05) is 0 Å². The Balaban J connectivity index is 2.19. The first-order valence-electron chi connectivity index (χ1n) is 6.15. The van der Waals surface area contributed by atoms with E-state index in [-0.39, 0.29) is 23.0 Å². The van der Waals surface area contributed by atoms with Crippen molar-refractivity contribution in [3.05, 3.63) is 29.6 Å². The van der Waals surface area contributed by atoms with E-state index in [4.69, 9.17) is 5.11 Å². The maximum atomic E-state index is 12.3. The number of aliphatic hydroxyl groups excluding tert-OH is 1. The van der Waals surface area contributed by atoms with Gasteiger partial charge in [0.15, 0.2) is 0 Å². The molecule has 2 atom stereocenters. The van der Waals surface area contributed by atoms with Gasteiger partial charge >= 0.3 is 5.97 Å². The Morgan fingerprint density at radius 2 is 2.21 bits per heavy atom.